The van der Waals surface area contributed by atoms with Gasteiger partial charge in [-0.15, -0.1) is 5.10 Å². The van der Waals surface area contributed by atoms with Crippen molar-refractivity contribution in [2.24, 2.45) is 0 Å². The summed E-state index contributed by atoms with van der Waals surface area (Å²) < 4.78 is 3.79. The monoisotopic (exact) mass is 369 g/mol. The van der Waals surface area contributed by atoms with Gasteiger partial charge in [0.05, 0.1) is 22.1 Å². The summed E-state index contributed by atoms with van der Waals surface area (Å²) in [4.78, 5) is 21.2. The van der Waals surface area contributed by atoms with E-state index in [-0.39, 0.29) is 5.69 Å². The van der Waals surface area contributed by atoms with Gasteiger partial charge in [-0.25, -0.2) is 13.9 Å². The van der Waals surface area contributed by atoms with E-state index in [1.54, 1.807) is 12.4 Å². The molecule has 0 N–H and O–H groups in total. The lowest BCUT2D eigenvalue weighted by Gasteiger charge is -2.02. The summed E-state index contributed by atoms with van der Waals surface area (Å²) in [5, 5.41) is 4.37. The highest BCUT2D eigenvalue weighted by Gasteiger charge is 2.09. The summed E-state index contributed by atoms with van der Waals surface area (Å²) in [7, 11) is 0. The Morgan fingerprint density at radius 3 is 2.87 bits per heavy atom. The Hall–Kier alpha value is -2.54. The van der Waals surface area contributed by atoms with Crippen molar-refractivity contribution in [2.75, 3.05) is 0 Å². The maximum absolute atomic E-state index is 12.3. The van der Waals surface area contributed by atoms with Crippen LogP contribution in [-0.4, -0.2) is 24.1 Å². The Morgan fingerprint density at radius 1 is 1.09 bits per heavy atom. The van der Waals surface area contributed by atoms with Crippen molar-refractivity contribution in [3.8, 4) is 0 Å². The fourth-order valence-corrected chi connectivity index (χ4v) is 2.93. The van der Waals surface area contributed by atoms with Crippen LogP contribution in [0.2, 0.25) is 0 Å². The summed E-state index contributed by atoms with van der Waals surface area (Å²) in [6.45, 7) is 0.478. The van der Waals surface area contributed by atoms with E-state index >= 15 is 0 Å². The number of nitrogens with zero attached hydrogens (tertiary/aromatic N) is 5. The zero-order valence-electron chi connectivity index (χ0n) is 12.1. The van der Waals surface area contributed by atoms with Crippen LogP contribution in [0.25, 0.3) is 16.7 Å². The fourth-order valence-electron chi connectivity index (χ4n) is 2.51. The molecule has 0 unspecified atom stereocenters. The minimum atomic E-state index is -0.149. The smallest absolute Gasteiger partial charge is 0.255 e. The molecule has 23 heavy (non-hydrogen) atoms. The largest absolute Gasteiger partial charge is 0.350 e. The van der Waals surface area contributed by atoms with Gasteiger partial charge in [0.15, 0.2) is 5.65 Å². The van der Waals surface area contributed by atoms with Gasteiger partial charge in [0, 0.05) is 24.5 Å². The van der Waals surface area contributed by atoms with Gasteiger partial charge in [-0.05, 0) is 52.3 Å². The lowest BCUT2D eigenvalue weighted by Crippen LogP contribution is -2.22. The molecule has 0 bridgehead atoms. The van der Waals surface area contributed by atoms with E-state index in [0.717, 1.165) is 21.2 Å². The van der Waals surface area contributed by atoms with Crippen LogP contribution in [-0.2, 0) is 13.0 Å². The second-order valence-corrected chi connectivity index (χ2v) is 6.00. The third kappa shape index (κ3) is 2.53. The Labute approximate surface area is 139 Å². The molecule has 0 saturated carbocycles. The van der Waals surface area contributed by atoms with Gasteiger partial charge in [0.2, 0.25) is 0 Å². The van der Waals surface area contributed by atoms with Crippen molar-refractivity contribution in [3.63, 3.8) is 0 Å². The van der Waals surface area contributed by atoms with Crippen molar-refractivity contribution in [2.45, 2.75) is 13.0 Å². The standard InChI is InChI=1S/C16H12BrN5O/c17-12-3-2-9-21-15(12)20-22(16(21)23)10-7-11-5-6-13-14(19-11)4-1-8-18-13/h1-6,8-9H,7,10H2. The maximum Gasteiger partial charge on any atom is 0.350 e. The molecule has 4 aromatic heterocycles. The van der Waals surface area contributed by atoms with E-state index in [9.17, 15) is 4.79 Å². The van der Waals surface area contributed by atoms with E-state index < -0.39 is 0 Å². The number of rotatable bonds is 3. The van der Waals surface area contributed by atoms with Crippen molar-refractivity contribution in [1.29, 1.82) is 0 Å². The molecule has 0 atom stereocenters. The highest BCUT2D eigenvalue weighted by atomic mass is 79.9. The quantitative estimate of drug-likeness (QED) is 0.556. The number of pyridine rings is 3. The van der Waals surface area contributed by atoms with E-state index in [1.165, 1.54) is 9.08 Å². The zero-order chi connectivity index (χ0) is 15.8. The van der Waals surface area contributed by atoms with E-state index in [1.807, 2.05) is 36.4 Å². The highest BCUT2D eigenvalue weighted by Crippen LogP contribution is 2.14. The van der Waals surface area contributed by atoms with Crippen LogP contribution in [0.1, 0.15) is 5.69 Å². The summed E-state index contributed by atoms with van der Waals surface area (Å²) in [6.07, 6.45) is 4.09. The molecule has 6 nitrogen and oxygen atoms in total. The lowest BCUT2D eigenvalue weighted by molar-refractivity contribution is 0.588. The van der Waals surface area contributed by atoms with Gasteiger partial charge in [0.1, 0.15) is 0 Å². The van der Waals surface area contributed by atoms with Gasteiger partial charge in [-0.1, -0.05) is 0 Å². The number of aryl methyl sites for hydroxylation is 2. The second kappa shape index (κ2) is 5.58. The minimum Gasteiger partial charge on any atom is -0.255 e. The third-order valence-electron chi connectivity index (χ3n) is 3.66. The first-order valence-corrected chi connectivity index (χ1v) is 7.96. The van der Waals surface area contributed by atoms with Gasteiger partial charge in [-0.2, -0.15) is 0 Å². The predicted octanol–water partition coefficient (Wildman–Crippen LogP) is 2.44. The highest BCUT2D eigenvalue weighted by molar-refractivity contribution is 9.10. The maximum atomic E-state index is 12.3. The molecule has 0 saturated heterocycles. The Bertz CT molecular complexity index is 1070. The van der Waals surface area contributed by atoms with Crippen molar-refractivity contribution in [1.82, 2.24) is 24.1 Å². The van der Waals surface area contributed by atoms with Crippen LogP contribution in [0.4, 0.5) is 0 Å². The molecular weight excluding hydrogens is 358 g/mol. The molecule has 0 aliphatic carbocycles. The average molecular weight is 370 g/mol. The zero-order valence-corrected chi connectivity index (χ0v) is 13.6. The van der Waals surface area contributed by atoms with Gasteiger partial charge >= 0.3 is 5.69 Å². The molecule has 0 spiro atoms. The Morgan fingerprint density at radius 2 is 2.00 bits per heavy atom. The molecule has 0 aliphatic rings. The first-order valence-electron chi connectivity index (χ1n) is 7.17. The van der Waals surface area contributed by atoms with Crippen LogP contribution in [0, 0.1) is 0 Å². The molecule has 4 heterocycles. The van der Waals surface area contributed by atoms with Crippen molar-refractivity contribution >= 4 is 32.6 Å². The van der Waals surface area contributed by atoms with Crippen molar-refractivity contribution < 1.29 is 0 Å². The molecule has 4 rings (SSSR count). The molecule has 0 aliphatic heterocycles. The number of hydrogen-bond acceptors (Lipinski definition) is 4. The number of hydrogen-bond donors (Lipinski definition) is 0. The number of fused-ring (bicyclic) bond motifs is 2. The summed E-state index contributed by atoms with van der Waals surface area (Å²) in [5.41, 5.74) is 3.10. The van der Waals surface area contributed by atoms with Crippen LogP contribution in [0.15, 0.2) is 58.1 Å². The number of aromatic nitrogens is 5. The van der Waals surface area contributed by atoms with Crippen LogP contribution >= 0.6 is 15.9 Å². The van der Waals surface area contributed by atoms with E-state index in [2.05, 4.69) is 31.0 Å². The third-order valence-corrected chi connectivity index (χ3v) is 4.27. The fraction of sp³-hybridized carbons (Fsp3) is 0.125. The van der Waals surface area contributed by atoms with Gasteiger partial charge in [0.25, 0.3) is 0 Å². The lowest BCUT2D eigenvalue weighted by atomic mass is 10.2. The van der Waals surface area contributed by atoms with Crippen LogP contribution in [0.5, 0.6) is 0 Å². The molecule has 0 amide bonds. The summed E-state index contributed by atoms with van der Waals surface area (Å²) >= 11 is 3.41. The SMILES string of the molecule is O=c1n(CCc2ccc3ncccc3n2)nc2c(Br)cccn12. The van der Waals surface area contributed by atoms with E-state index in [4.69, 9.17) is 0 Å². The first kappa shape index (κ1) is 14.1. The number of halogens is 1. The molecule has 7 heteroatoms. The first-order chi connectivity index (χ1) is 11.2. The average Bonchev–Trinajstić information content (AvgIpc) is 2.91. The Kier molecular flexibility index (Phi) is 3.42. The molecule has 0 radical (unpaired) electrons. The predicted molar refractivity (Wildman–Crippen MR) is 90.4 cm³/mol. The van der Waals surface area contributed by atoms with Crippen LogP contribution < -0.4 is 5.69 Å². The van der Waals surface area contributed by atoms with Crippen LogP contribution in [0.3, 0.4) is 0 Å². The Balaban J connectivity index is 1.64. The van der Waals surface area contributed by atoms with Gasteiger partial charge in [-0.3, -0.25) is 9.97 Å². The normalized spacial score (nSPS) is 11.3. The summed E-state index contributed by atoms with van der Waals surface area (Å²) in [6, 6.07) is 11.3. The molecule has 0 aromatic carbocycles. The van der Waals surface area contributed by atoms with Crippen molar-refractivity contribution in [3.05, 3.63) is 69.4 Å². The van der Waals surface area contributed by atoms with Gasteiger partial charge < -0.3 is 0 Å². The van der Waals surface area contributed by atoms with E-state index in [0.29, 0.717) is 18.6 Å². The minimum absolute atomic E-state index is 0.149. The topological polar surface area (TPSA) is 65.1 Å². The summed E-state index contributed by atoms with van der Waals surface area (Å²) in [5.74, 6) is 0. The second-order valence-electron chi connectivity index (χ2n) is 5.15. The molecule has 4 aromatic rings. The molecule has 114 valence electrons. The molecular formula is C16H12BrN5O. The molecule has 0 fully saturated rings.